The third-order valence-electron chi connectivity index (χ3n) is 2.23. The van der Waals surface area contributed by atoms with Crippen LogP contribution in [-0.4, -0.2) is 4.74 Å². The van der Waals surface area contributed by atoms with E-state index in [0.717, 1.165) is 0 Å². The Balaban J connectivity index is 2.88. The Morgan fingerprint density at radius 3 is 2.73 bits per heavy atom. The molecular formula is C10H11ClN2O2. The fourth-order valence-corrected chi connectivity index (χ4v) is 1.59. The van der Waals surface area contributed by atoms with Crippen LogP contribution in [0.3, 0.4) is 0 Å². The lowest BCUT2D eigenvalue weighted by Crippen LogP contribution is -2.15. The van der Waals surface area contributed by atoms with E-state index in [1.807, 2.05) is 13.8 Å². The number of nitrogen functional groups attached to an aromatic ring is 1. The SMILES string of the molecule is CC(C)n1oc2c(N)c(Cl)ccc2c1=O. The highest BCUT2D eigenvalue weighted by molar-refractivity contribution is 6.34. The van der Waals surface area contributed by atoms with Gasteiger partial charge in [0.2, 0.25) is 0 Å². The molecule has 2 rings (SSSR count). The van der Waals surface area contributed by atoms with Crippen molar-refractivity contribution in [1.29, 1.82) is 0 Å². The zero-order chi connectivity index (χ0) is 11.2. The maximum atomic E-state index is 11.8. The molecule has 80 valence electrons. The minimum atomic E-state index is -0.177. The molecule has 15 heavy (non-hydrogen) atoms. The summed E-state index contributed by atoms with van der Waals surface area (Å²) in [6, 6.07) is 3.18. The van der Waals surface area contributed by atoms with Gasteiger partial charge in [-0.05, 0) is 26.0 Å². The molecule has 0 saturated carbocycles. The van der Waals surface area contributed by atoms with Gasteiger partial charge in [0.05, 0.1) is 22.1 Å². The Bertz CT molecular complexity index is 569. The number of nitrogens with zero attached hydrogens (tertiary/aromatic N) is 1. The van der Waals surface area contributed by atoms with Crippen LogP contribution < -0.4 is 11.3 Å². The van der Waals surface area contributed by atoms with E-state index in [2.05, 4.69) is 0 Å². The summed E-state index contributed by atoms with van der Waals surface area (Å²) < 4.78 is 6.66. The van der Waals surface area contributed by atoms with E-state index in [0.29, 0.717) is 21.7 Å². The molecule has 0 bridgehead atoms. The lowest BCUT2D eigenvalue weighted by atomic mass is 10.2. The first kappa shape index (κ1) is 10.1. The van der Waals surface area contributed by atoms with Crippen LogP contribution in [0.2, 0.25) is 5.02 Å². The summed E-state index contributed by atoms with van der Waals surface area (Å²) in [5, 5.41) is 0.859. The Morgan fingerprint density at radius 1 is 1.47 bits per heavy atom. The summed E-state index contributed by atoms with van der Waals surface area (Å²) in [5.41, 5.74) is 6.22. The summed E-state index contributed by atoms with van der Waals surface area (Å²) >= 11 is 5.83. The van der Waals surface area contributed by atoms with Crippen molar-refractivity contribution in [1.82, 2.24) is 4.74 Å². The smallest absolute Gasteiger partial charge is 0.290 e. The normalized spacial score (nSPS) is 11.5. The molecule has 2 aromatic rings. The molecule has 0 saturated heterocycles. The van der Waals surface area contributed by atoms with Gasteiger partial charge in [-0.2, -0.15) is 4.74 Å². The van der Waals surface area contributed by atoms with Crippen LogP contribution in [-0.2, 0) is 0 Å². The summed E-state index contributed by atoms with van der Waals surface area (Å²) in [4.78, 5) is 11.8. The Morgan fingerprint density at radius 2 is 2.13 bits per heavy atom. The highest BCUT2D eigenvalue weighted by Crippen LogP contribution is 2.27. The van der Waals surface area contributed by atoms with Gasteiger partial charge in [0.15, 0.2) is 5.58 Å². The third kappa shape index (κ3) is 1.41. The molecule has 0 unspecified atom stereocenters. The average Bonchev–Trinajstić information content (AvgIpc) is 2.51. The molecule has 0 atom stereocenters. The highest BCUT2D eigenvalue weighted by atomic mass is 35.5. The van der Waals surface area contributed by atoms with E-state index in [-0.39, 0.29) is 11.6 Å². The maximum Gasteiger partial charge on any atom is 0.290 e. The van der Waals surface area contributed by atoms with Crippen molar-refractivity contribution in [2.45, 2.75) is 19.9 Å². The van der Waals surface area contributed by atoms with Gasteiger partial charge in [-0.1, -0.05) is 11.6 Å². The molecular weight excluding hydrogens is 216 g/mol. The van der Waals surface area contributed by atoms with E-state index in [1.165, 1.54) is 4.74 Å². The van der Waals surface area contributed by atoms with Crippen LogP contribution >= 0.6 is 11.6 Å². The van der Waals surface area contributed by atoms with Gasteiger partial charge >= 0.3 is 0 Å². The van der Waals surface area contributed by atoms with Crippen LogP contribution in [0.1, 0.15) is 19.9 Å². The van der Waals surface area contributed by atoms with Crippen molar-refractivity contribution < 1.29 is 4.52 Å². The van der Waals surface area contributed by atoms with Crippen molar-refractivity contribution in [2.24, 2.45) is 0 Å². The fraction of sp³-hybridized carbons (Fsp3) is 0.300. The first-order chi connectivity index (χ1) is 7.02. The zero-order valence-electron chi connectivity index (χ0n) is 8.45. The molecule has 0 aliphatic heterocycles. The minimum absolute atomic E-state index is 0.0388. The molecule has 0 aliphatic rings. The molecule has 0 fully saturated rings. The number of benzene rings is 1. The molecule has 4 nitrogen and oxygen atoms in total. The van der Waals surface area contributed by atoms with Crippen molar-refractivity contribution in [3.63, 3.8) is 0 Å². The lowest BCUT2D eigenvalue weighted by molar-refractivity contribution is 0.251. The molecule has 0 amide bonds. The number of halogens is 1. The Kier molecular flexibility index (Phi) is 2.23. The fourth-order valence-electron chi connectivity index (χ4n) is 1.44. The second-order valence-corrected chi connectivity index (χ2v) is 4.06. The van der Waals surface area contributed by atoms with E-state index >= 15 is 0 Å². The monoisotopic (exact) mass is 226 g/mol. The van der Waals surface area contributed by atoms with E-state index < -0.39 is 0 Å². The Hall–Kier alpha value is -1.42. The van der Waals surface area contributed by atoms with Gasteiger partial charge in [-0.25, -0.2) is 0 Å². The number of hydrogen-bond acceptors (Lipinski definition) is 3. The Labute approximate surface area is 91.2 Å². The van der Waals surface area contributed by atoms with Crippen molar-refractivity contribution in [3.8, 4) is 0 Å². The van der Waals surface area contributed by atoms with Crippen LogP contribution in [0.15, 0.2) is 21.5 Å². The molecule has 1 heterocycles. The summed E-state index contributed by atoms with van der Waals surface area (Å²) in [6.07, 6.45) is 0. The van der Waals surface area contributed by atoms with Crippen molar-refractivity contribution >= 4 is 28.3 Å². The van der Waals surface area contributed by atoms with Crippen LogP contribution in [0.4, 0.5) is 5.69 Å². The molecule has 5 heteroatoms. The molecule has 1 aromatic heterocycles. The predicted octanol–water partition coefficient (Wildman–Crippen LogP) is 2.41. The topological polar surface area (TPSA) is 61.2 Å². The first-order valence-corrected chi connectivity index (χ1v) is 4.99. The maximum absolute atomic E-state index is 11.8. The number of nitrogens with two attached hydrogens (primary N) is 1. The average molecular weight is 227 g/mol. The number of anilines is 1. The van der Waals surface area contributed by atoms with Gasteiger partial charge in [0.25, 0.3) is 5.56 Å². The van der Waals surface area contributed by atoms with Crippen molar-refractivity contribution in [3.05, 3.63) is 27.5 Å². The second kappa shape index (κ2) is 3.31. The minimum Gasteiger partial charge on any atom is -0.394 e. The number of rotatable bonds is 1. The standard InChI is InChI=1S/C10H11ClN2O2/c1-5(2)13-10(14)6-3-4-7(11)8(12)9(6)15-13/h3-5H,12H2,1-2H3. The largest absolute Gasteiger partial charge is 0.394 e. The van der Waals surface area contributed by atoms with Gasteiger partial charge in [0, 0.05) is 0 Å². The summed E-state index contributed by atoms with van der Waals surface area (Å²) in [6.45, 7) is 3.73. The van der Waals surface area contributed by atoms with Gasteiger partial charge in [-0.3, -0.25) is 4.79 Å². The van der Waals surface area contributed by atoms with Crippen molar-refractivity contribution in [2.75, 3.05) is 5.73 Å². The predicted molar refractivity (Wildman–Crippen MR) is 60.3 cm³/mol. The van der Waals surface area contributed by atoms with Crippen LogP contribution in [0.5, 0.6) is 0 Å². The van der Waals surface area contributed by atoms with Crippen LogP contribution in [0, 0.1) is 0 Å². The molecule has 0 spiro atoms. The van der Waals surface area contributed by atoms with E-state index in [1.54, 1.807) is 12.1 Å². The zero-order valence-corrected chi connectivity index (χ0v) is 9.21. The number of fused-ring (bicyclic) bond motifs is 1. The first-order valence-electron chi connectivity index (χ1n) is 4.62. The molecule has 1 aromatic carbocycles. The molecule has 0 aliphatic carbocycles. The summed E-state index contributed by atoms with van der Waals surface area (Å²) in [7, 11) is 0. The van der Waals surface area contributed by atoms with E-state index in [9.17, 15) is 4.79 Å². The highest BCUT2D eigenvalue weighted by Gasteiger charge is 2.15. The second-order valence-electron chi connectivity index (χ2n) is 3.65. The quantitative estimate of drug-likeness (QED) is 0.760. The summed E-state index contributed by atoms with van der Waals surface area (Å²) in [5.74, 6) is 0. The molecule has 0 radical (unpaired) electrons. The number of hydrogen-bond donors (Lipinski definition) is 1. The van der Waals surface area contributed by atoms with Crippen LogP contribution in [0.25, 0.3) is 11.0 Å². The van der Waals surface area contributed by atoms with Gasteiger partial charge in [-0.15, -0.1) is 0 Å². The van der Waals surface area contributed by atoms with Gasteiger partial charge < -0.3 is 10.3 Å². The third-order valence-corrected chi connectivity index (χ3v) is 2.56. The molecule has 2 N–H and O–H groups in total. The lowest BCUT2D eigenvalue weighted by Gasteiger charge is -2.01. The van der Waals surface area contributed by atoms with E-state index in [4.69, 9.17) is 21.9 Å². The van der Waals surface area contributed by atoms with Gasteiger partial charge in [0.1, 0.15) is 0 Å². The number of aromatic nitrogens is 1.